The molecule has 4 heteroatoms. The van der Waals surface area contributed by atoms with Crippen LogP contribution in [0.15, 0.2) is 18.2 Å². The summed E-state index contributed by atoms with van der Waals surface area (Å²) in [7, 11) is 1.61. The van der Waals surface area contributed by atoms with Gasteiger partial charge in [-0.2, -0.15) is 0 Å². The zero-order chi connectivity index (χ0) is 14.3. The molecule has 0 aliphatic heterocycles. The lowest BCUT2D eigenvalue weighted by atomic mass is 10.1. The van der Waals surface area contributed by atoms with Gasteiger partial charge in [-0.1, -0.05) is 32.3 Å². The molecule has 0 radical (unpaired) electrons. The first-order valence-electron chi connectivity index (χ1n) is 6.87. The first-order valence-corrected chi connectivity index (χ1v) is 6.87. The zero-order valence-corrected chi connectivity index (χ0v) is 11.9. The van der Waals surface area contributed by atoms with Gasteiger partial charge in [-0.05, 0) is 25.5 Å². The van der Waals surface area contributed by atoms with Gasteiger partial charge in [0.1, 0.15) is 5.82 Å². The van der Waals surface area contributed by atoms with Gasteiger partial charge >= 0.3 is 0 Å². The lowest BCUT2D eigenvalue weighted by Gasteiger charge is -2.15. The van der Waals surface area contributed by atoms with Gasteiger partial charge in [0.15, 0.2) is 0 Å². The van der Waals surface area contributed by atoms with Gasteiger partial charge in [0.05, 0.1) is 11.3 Å². The Morgan fingerprint density at radius 1 is 1.37 bits per heavy atom. The van der Waals surface area contributed by atoms with Crippen LogP contribution in [0, 0.1) is 5.82 Å². The van der Waals surface area contributed by atoms with E-state index in [1.165, 1.54) is 12.5 Å². The maximum atomic E-state index is 13.6. The molecule has 3 nitrogen and oxygen atoms in total. The lowest BCUT2D eigenvalue weighted by molar-refractivity contribution is 0.0938. The van der Waals surface area contributed by atoms with Crippen LogP contribution in [0.2, 0.25) is 0 Å². The molecule has 1 aromatic carbocycles. The Morgan fingerprint density at radius 2 is 2.11 bits per heavy atom. The van der Waals surface area contributed by atoms with Crippen LogP contribution in [-0.4, -0.2) is 19.0 Å². The molecule has 1 aromatic rings. The molecule has 0 heterocycles. The third-order valence-electron chi connectivity index (χ3n) is 3.13. The highest BCUT2D eigenvalue weighted by Gasteiger charge is 2.15. The first kappa shape index (κ1) is 15.5. The van der Waals surface area contributed by atoms with Crippen LogP contribution in [0.4, 0.5) is 10.1 Å². The van der Waals surface area contributed by atoms with E-state index in [4.69, 9.17) is 0 Å². The van der Waals surface area contributed by atoms with Crippen molar-refractivity contribution in [3.8, 4) is 0 Å². The maximum absolute atomic E-state index is 13.6. The second-order valence-electron chi connectivity index (χ2n) is 4.78. The first-order chi connectivity index (χ1) is 9.10. The van der Waals surface area contributed by atoms with E-state index >= 15 is 0 Å². The van der Waals surface area contributed by atoms with E-state index in [1.807, 2.05) is 6.92 Å². The average Bonchev–Trinajstić information content (AvgIpc) is 2.38. The molecule has 106 valence electrons. The van der Waals surface area contributed by atoms with E-state index in [-0.39, 0.29) is 17.6 Å². The highest BCUT2D eigenvalue weighted by Crippen LogP contribution is 2.19. The third kappa shape index (κ3) is 4.54. The van der Waals surface area contributed by atoms with Crippen LogP contribution in [0.1, 0.15) is 49.9 Å². The number of nitrogens with one attached hydrogen (secondary N) is 2. The smallest absolute Gasteiger partial charge is 0.253 e. The monoisotopic (exact) mass is 266 g/mol. The van der Waals surface area contributed by atoms with E-state index in [1.54, 1.807) is 19.2 Å². The van der Waals surface area contributed by atoms with Crippen LogP contribution in [0.25, 0.3) is 0 Å². The topological polar surface area (TPSA) is 41.1 Å². The SMILES string of the molecule is CCCCCC(C)NC(=O)c1cccc(F)c1NC. The Hall–Kier alpha value is -1.58. The van der Waals surface area contributed by atoms with Gasteiger partial charge < -0.3 is 10.6 Å². The Kier molecular flexibility index (Phi) is 6.33. The summed E-state index contributed by atoms with van der Waals surface area (Å²) in [5, 5.41) is 5.65. The van der Waals surface area contributed by atoms with E-state index < -0.39 is 5.82 Å². The summed E-state index contributed by atoms with van der Waals surface area (Å²) in [5.41, 5.74) is 0.602. The van der Waals surface area contributed by atoms with Crippen molar-refractivity contribution < 1.29 is 9.18 Å². The number of unbranched alkanes of at least 4 members (excludes halogenated alkanes) is 2. The molecule has 0 aliphatic carbocycles. The van der Waals surface area contributed by atoms with Crippen molar-refractivity contribution in [1.82, 2.24) is 5.32 Å². The largest absolute Gasteiger partial charge is 0.385 e. The van der Waals surface area contributed by atoms with Gasteiger partial charge in [0.25, 0.3) is 5.91 Å². The number of hydrogen-bond donors (Lipinski definition) is 2. The minimum Gasteiger partial charge on any atom is -0.385 e. The highest BCUT2D eigenvalue weighted by molar-refractivity contribution is 5.99. The third-order valence-corrected chi connectivity index (χ3v) is 3.13. The van der Waals surface area contributed by atoms with Gasteiger partial charge in [0.2, 0.25) is 0 Å². The van der Waals surface area contributed by atoms with Crippen LogP contribution in [0.3, 0.4) is 0 Å². The number of carbonyl (C=O) groups is 1. The van der Waals surface area contributed by atoms with Gasteiger partial charge in [-0.15, -0.1) is 0 Å². The second kappa shape index (κ2) is 7.77. The lowest BCUT2D eigenvalue weighted by Crippen LogP contribution is -2.33. The highest BCUT2D eigenvalue weighted by atomic mass is 19.1. The van der Waals surface area contributed by atoms with Crippen molar-refractivity contribution in [3.05, 3.63) is 29.6 Å². The maximum Gasteiger partial charge on any atom is 0.253 e. The molecular formula is C15H23FN2O. The van der Waals surface area contributed by atoms with E-state index in [2.05, 4.69) is 17.6 Å². The quantitative estimate of drug-likeness (QED) is 0.741. The minimum absolute atomic E-state index is 0.104. The number of benzene rings is 1. The minimum atomic E-state index is -0.409. The van der Waals surface area contributed by atoms with Crippen LogP contribution < -0.4 is 10.6 Å². The zero-order valence-electron chi connectivity index (χ0n) is 11.9. The fourth-order valence-electron chi connectivity index (χ4n) is 2.04. The normalized spacial score (nSPS) is 12.0. The standard InChI is InChI=1S/C15H23FN2O/c1-4-5-6-8-11(2)18-15(19)12-9-7-10-13(16)14(12)17-3/h7,9-11,17H,4-6,8H2,1-3H3,(H,18,19). The predicted octanol–water partition coefficient (Wildman–Crippen LogP) is 3.57. The molecule has 1 amide bonds. The summed E-state index contributed by atoms with van der Waals surface area (Å²) in [6.45, 7) is 4.13. The fourth-order valence-corrected chi connectivity index (χ4v) is 2.04. The van der Waals surface area contributed by atoms with Crippen molar-refractivity contribution in [2.45, 2.75) is 45.6 Å². The average molecular weight is 266 g/mol. The molecule has 0 bridgehead atoms. The molecule has 0 saturated heterocycles. The summed E-state index contributed by atoms with van der Waals surface area (Å²) in [5.74, 6) is -0.637. The number of hydrogen-bond acceptors (Lipinski definition) is 2. The molecule has 1 rings (SSSR count). The van der Waals surface area contributed by atoms with Crippen molar-refractivity contribution in [1.29, 1.82) is 0 Å². The summed E-state index contributed by atoms with van der Waals surface area (Å²) in [6.07, 6.45) is 4.38. The van der Waals surface area contributed by atoms with Crippen LogP contribution >= 0.6 is 0 Å². The fraction of sp³-hybridized carbons (Fsp3) is 0.533. The van der Waals surface area contributed by atoms with Crippen molar-refractivity contribution in [2.75, 3.05) is 12.4 Å². The Labute approximate surface area is 114 Å². The number of anilines is 1. The van der Waals surface area contributed by atoms with E-state index in [0.29, 0.717) is 5.56 Å². The number of carbonyl (C=O) groups excluding carboxylic acids is 1. The van der Waals surface area contributed by atoms with Crippen molar-refractivity contribution in [3.63, 3.8) is 0 Å². The number of amides is 1. The molecule has 0 fully saturated rings. The molecule has 0 spiro atoms. The van der Waals surface area contributed by atoms with Crippen molar-refractivity contribution in [2.24, 2.45) is 0 Å². The summed E-state index contributed by atoms with van der Waals surface area (Å²) in [4.78, 5) is 12.1. The molecule has 2 N–H and O–H groups in total. The molecule has 0 aromatic heterocycles. The van der Waals surface area contributed by atoms with E-state index in [0.717, 1.165) is 19.3 Å². The molecular weight excluding hydrogens is 243 g/mol. The summed E-state index contributed by atoms with van der Waals surface area (Å²) in [6, 6.07) is 4.62. The van der Waals surface area contributed by atoms with E-state index in [9.17, 15) is 9.18 Å². The number of halogens is 1. The molecule has 19 heavy (non-hydrogen) atoms. The van der Waals surface area contributed by atoms with Crippen LogP contribution in [0.5, 0.6) is 0 Å². The molecule has 0 saturated carbocycles. The number of para-hydroxylation sites is 1. The van der Waals surface area contributed by atoms with Gasteiger partial charge in [0, 0.05) is 13.1 Å². The Bertz CT molecular complexity index is 421. The van der Waals surface area contributed by atoms with Crippen molar-refractivity contribution >= 4 is 11.6 Å². The molecule has 1 atom stereocenters. The number of rotatable bonds is 7. The van der Waals surface area contributed by atoms with Gasteiger partial charge in [-0.3, -0.25) is 4.79 Å². The molecule has 1 unspecified atom stereocenters. The Balaban J connectivity index is 2.65. The second-order valence-corrected chi connectivity index (χ2v) is 4.78. The molecule has 0 aliphatic rings. The predicted molar refractivity (Wildman–Crippen MR) is 77.0 cm³/mol. The van der Waals surface area contributed by atoms with Crippen LogP contribution in [-0.2, 0) is 0 Å². The Morgan fingerprint density at radius 3 is 2.74 bits per heavy atom. The van der Waals surface area contributed by atoms with Gasteiger partial charge in [-0.25, -0.2) is 4.39 Å². The summed E-state index contributed by atoms with van der Waals surface area (Å²) < 4.78 is 13.6. The summed E-state index contributed by atoms with van der Waals surface area (Å²) >= 11 is 0.